The first kappa shape index (κ1) is 25.1. The summed E-state index contributed by atoms with van der Waals surface area (Å²) in [7, 11) is -2.15. The number of fused-ring (bicyclic) bond motifs is 1. The molecule has 0 fully saturated rings. The van der Waals surface area contributed by atoms with Crippen molar-refractivity contribution >= 4 is 49.5 Å². The zero-order valence-corrected chi connectivity index (χ0v) is 21.5. The molecule has 0 amide bonds. The van der Waals surface area contributed by atoms with Crippen LogP contribution in [0.3, 0.4) is 0 Å². The molecule has 35 heavy (non-hydrogen) atoms. The van der Waals surface area contributed by atoms with Crippen molar-refractivity contribution in [3.8, 4) is 10.4 Å². The van der Waals surface area contributed by atoms with Gasteiger partial charge in [-0.1, -0.05) is 23.7 Å². The molecule has 0 aliphatic heterocycles. The molecule has 2 heterocycles. The van der Waals surface area contributed by atoms with Crippen LogP contribution in [-0.2, 0) is 21.1 Å². The van der Waals surface area contributed by atoms with Crippen LogP contribution in [0.25, 0.3) is 21.2 Å². The number of halogens is 1. The topological polar surface area (TPSA) is 103 Å². The number of esters is 1. The SMILES string of the molecule is COC(=O)c1c(-c2ccc(C(C)O)s2)c2cc(Cl)ccc2c(=O)n1Cc1ccc(S(C)(=O)=O)cc1. The number of aliphatic hydroxyl groups is 1. The monoisotopic (exact) mass is 531 g/mol. The summed E-state index contributed by atoms with van der Waals surface area (Å²) in [5, 5.41) is 11.3. The fraction of sp³-hybridized carbons (Fsp3) is 0.200. The number of aromatic nitrogens is 1. The third kappa shape index (κ3) is 4.90. The van der Waals surface area contributed by atoms with Crippen LogP contribution in [-0.4, -0.2) is 37.4 Å². The van der Waals surface area contributed by atoms with Gasteiger partial charge in [0.2, 0.25) is 0 Å². The smallest absolute Gasteiger partial charge is 0.355 e. The van der Waals surface area contributed by atoms with Crippen molar-refractivity contribution in [1.29, 1.82) is 0 Å². The van der Waals surface area contributed by atoms with Crippen molar-refractivity contribution in [2.75, 3.05) is 13.4 Å². The van der Waals surface area contributed by atoms with E-state index in [4.69, 9.17) is 16.3 Å². The van der Waals surface area contributed by atoms with Crippen LogP contribution in [0.5, 0.6) is 0 Å². The fourth-order valence-corrected chi connectivity index (χ4v) is 5.67. The van der Waals surface area contributed by atoms with Gasteiger partial charge in [-0.05, 0) is 60.3 Å². The number of carbonyl (C=O) groups excluding carboxylic acids is 1. The normalized spacial score (nSPS) is 12.6. The van der Waals surface area contributed by atoms with Gasteiger partial charge in [0, 0.05) is 32.0 Å². The number of carbonyl (C=O) groups is 1. The van der Waals surface area contributed by atoms with Gasteiger partial charge in [0.25, 0.3) is 5.56 Å². The summed E-state index contributed by atoms with van der Waals surface area (Å²) in [5.74, 6) is -0.710. The van der Waals surface area contributed by atoms with Crippen molar-refractivity contribution in [2.45, 2.75) is 24.5 Å². The second kappa shape index (κ2) is 9.58. The maximum Gasteiger partial charge on any atom is 0.355 e. The van der Waals surface area contributed by atoms with Gasteiger partial charge in [-0.2, -0.15) is 0 Å². The molecule has 7 nitrogen and oxygen atoms in total. The Labute approximate surface area is 211 Å². The Kier molecular flexibility index (Phi) is 6.88. The van der Waals surface area contributed by atoms with Gasteiger partial charge in [0.1, 0.15) is 5.69 Å². The number of benzene rings is 2. The minimum Gasteiger partial charge on any atom is -0.464 e. The van der Waals surface area contributed by atoms with Gasteiger partial charge < -0.3 is 9.84 Å². The summed E-state index contributed by atoms with van der Waals surface area (Å²) < 4.78 is 30.0. The van der Waals surface area contributed by atoms with E-state index < -0.39 is 27.5 Å². The van der Waals surface area contributed by atoms with Crippen molar-refractivity contribution < 1.29 is 23.1 Å². The first-order valence-corrected chi connectivity index (χ1v) is 13.6. The molecule has 0 bridgehead atoms. The van der Waals surface area contributed by atoms with Crippen LogP contribution in [0.2, 0.25) is 5.02 Å². The molecule has 0 radical (unpaired) electrons. The summed E-state index contributed by atoms with van der Waals surface area (Å²) >= 11 is 7.56. The number of rotatable bonds is 6. The Morgan fingerprint density at radius 2 is 1.80 bits per heavy atom. The average Bonchev–Trinajstić information content (AvgIpc) is 3.30. The lowest BCUT2D eigenvalue weighted by Crippen LogP contribution is -2.28. The number of aliphatic hydroxyl groups excluding tert-OH is 1. The number of methoxy groups -OCH3 is 1. The number of hydrogen-bond acceptors (Lipinski definition) is 7. The fourth-order valence-electron chi connectivity index (χ4n) is 3.86. The van der Waals surface area contributed by atoms with Crippen molar-refractivity contribution in [1.82, 2.24) is 4.57 Å². The quantitative estimate of drug-likeness (QED) is 0.362. The lowest BCUT2D eigenvalue weighted by atomic mass is 10.0. The Hall–Kier alpha value is -2.98. The maximum absolute atomic E-state index is 13.6. The van der Waals surface area contributed by atoms with E-state index in [1.165, 1.54) is 35.1 Å². The highest BCUT2D eigenvalue weighted by Crippen LogP contribution is 2.38. The van der Waals surface area contributed by atoms with Crippen molar-refractivity contribution in [2.24, 2.45) is 0 Å². The summed E-state index contributed by atoms with van der Waals surface area (Å²) in [6.07, 6.45) is 0.412. The highest BCUT2D eigenvalue weighted by molar-refractivity contribution is 7.90. The summed E-state index contributed by atoms with van der Waals surface area (Å²) in [6.45, 7) is 1.65. The number of ether oxygens (including phenoxy) is 1. The second-order valence-electron chi connectivity index (χ2n) is 8.09. The average molecular weight is 532 g/mol. The molecule has 0 saturated heterocycles. The van der Waals surface area contributed by atoms with Crippen LogP contribution in [0, 0.1) is 0 Å². The minimum atomic E-state index is -3.38. The number of thiophene rings is 1. The van der Waals surface area contributed by atoms with E-state index >= 15 is 0 Å². The Bertz CT molecular complexity index is 1600. The Morgan fingerprint density at radius 3 is 2.37 bits per heavy atom. The summed E-state index contributed by atoms with van der Waals surface area (Å²) in [4.78, 5) is 28.2. The summed E-state index contributed by atoms with van der Waals surface area (Å²) in [6, 6.07) is 14.5. The highest BCUT2D eigenvalue weighted by Gasteiger charge is 2.26. The lowest BCUT2D eigenvalue weighted by Gasteiger charge is -2.18. The molecule has 182 valence electrons. The van der Waals surface area contributed by atoms with E-state index in [-0.39, 0.29) is 17.1 Å². The molecule has 0 saturated carbocycles. The van der Waals surface area contributed by atoms with E-state index in [0.717, 1.165) is 6.26 Å². The Balaban J connectivity index is 2.03. The van der Waals surface area contributed by atoms with Gasteiger partial charge in [0.05, 0.1) is 24.7 Å². The molecule has 0 spiro atoms. The zero-order valence-electron chi connectivity index (χ0n) is 19.1. The lowest BCUT2D eigenvalue weighted by molar-refractivity contribution is 0.0588. The van der Waals surface area contributed by atoms with E-state index in [0.29, 0.717) is 36.7 Å². The first-order chi connectivity index (χ1) is 16.5. The van der Waals surface area contributed by atoms with Gasteiger partial charge >= 0.3 is 5.97 Å². The first-order valence-electron chi connectivity index (χ1n) is 10.5. The number of nitrogens with zero attached hydrogens (tertiary/aromatic N) is 1. The largest absolute Gasteiger partial charge is 0.464 e. The second-order valence-corrected chi connectivity index (χ2v) is 11.7. The molecule has 2 aromatic heterocycles. The van der Waals surface area contributed by atoms with Crippen molar-refractivity contribution in [3.05, 3.63) is 86.1 Å². The van der Waals surface area contributed by atoms with E-state index in [1.807, 2.05) is 0 Å². The van der Waals surface area contributed by atoms with Gasteiger partial charge in [-0.25, -0.2) is 13.2 Å². The minimum absolute atomic E-state index is 0.00745. The molecule has 4 rings (SSSR count). The molecular weight excluding hydrogens is 510 g/mol. The third-order valence-electron chi connectivity index (χ3n) is 5.59. The van der Waals surface area contributed by atoms with Crippen LogP contribution in [0.1, 0.15) is 34.0 Å². The predicted molar refractivity (Wildman–Crippen MR) is 137 cm³/mol. The van der Waals surface area contributed by atoms with Gasteiger partial charge in [-0.15, -0.1) is 11.3 Å². The van der Waals surface area contributed by atoms with Crippen LogP contribution in [0.15, 0.2) is 64.3 Å². The molecule has 0 aliphatic rings. The molecule has 1 N–H and O–H groups in total. The number of hydrogen-bond donors (Lipinski definition) is 1. The molecule has 0 aliphatic carbocycles. The van der Waals surface area contributed by atoms with E-state index in [9.17, 15) is 23.1 Å². The Morgan fingerprint density at radius 1 is 1.11 bits per heavy atom. The molecule has 2 aromatic carbocycles. The number of sulfone groups is 1. The molecular formula is C25H22ClNO6S2. The molecule has 1 unspecified atom stereocenters. The van der Waals surface area contributed by atoms with Crippen LogP contribution >= 0.6 is 22.9 Å². The van der Waals surface area contributed by atoms with Crippen molar-refractivity contribution in [3.63, 3.8) is 0 Å². The van der Waals surface area contributed by atoms with E-state index in [1.54, 1.807) is 49.4 Å². The van der Waals surface area contributed by atoms with Gasteiger partial charge in [-0.3, -0.25) is 9.36 Å². The third-order valence-corrected chi connectivity index (χ3v) is 8.23. The predicted octanol–water partition coefficient (Wildman–Crippen LogP) is 4.68. The molecule has 10 heteroatoms. The van der Waals surface area contributed by atoms with Crippen LogP contribution in [0.4, 0.5) is 0 Å². The molecule has 4 aromatic rings. The van der Waals surface area contributed by atoms with Crippen LogP contribution < -0.4 is 5.56 Å². The summed E-state index contributed by atoms with van der Waals surface area (Å²) in [5.41, 5.74) is 0.720. The maximum atomic E-state index is 13.6. The standard InChI is InChI=1S/C25H22ClNO6S2/c1-14(28)20-10-11-21(34-20)22-19-12-16(26)6-9-18(19)24(29)27(23(22)25(30)33-2)13-15-4-7-17(8-5-15)35(3,31)32/h4-12,14,28H,13H2,1-3H3. The van der Waals surface area contributed by atoms with Gasteiger partial charge in [0.15, 0.2) is 9.84 Å². The van der Waals surface area contributed by atoms with E-state index in [2.05, 4.69) is 0 Å². The molecule has 1 atom stereocenters. The zero-order chi connectivity index (χ0) is 25.5. The highest BCUT2D eigenvalue weighted by atomic mass is 35.5. The number of pyridine rings is 1.